The van der Waals surface area contributed by atoms with E-state index < -0.39 is 0 Å². The van der Waals surface area contributed by atoms with E-state index in [4.69, 9.17) is 4.42 Å². The van der Waals surface area contributed by atoms with Crippen LogP contribution in [0, 0.1) is 12.8 Å². The standard InChI is InChI=1S/C17H16N2O2/c1-11-4-7-13-14(9-11)19(10-12-5-6-12)17(20)18-16(13)15-3-2-8-21-15/h2-4,7-9,12H,5-6,10H2,1H3. The minimum Gasteiger partial charge on any atom is -0.463 e. The first kappa shape index (κ1) is 12.4. The molecule has 4 nitrogen and oxygen atoms in total. The van der Waals surface area contributed by atoms with Gasteiger partial charge in [0.1, 0.15) is 5.69 Å². The van der Waals surface area contributed by atoms with Gasteiger partial charge in [-0.2, -0.15) is 4.98 Å². The van der Waals surface area contributed by atoms with Gasteiger partial charge >= 0.3 is 5.69 Å². The van der Waals surface area contributed by atoms with E-state index in [-0.39, 0.29) is 5.69 Å². The van der Waals surface area contributed by atoms with Crippen LogP contribution in [0.15, 0.2) is 45.8 Å². The van der Waals surface area contributed by atoms with E-state index >= 15 is 0 Å². The number of nitrogens with zero attached hydrogens (tertiary/aromatic N) is 2. The van der Waals surface area contributed by atoms with E-state index in [2.05, 4.69) is 11.1 Å². The van der Waals surface area contributed by atoms with Gasteiger partial charge in [0.25, 0.3) is 0 Å². The largest absolute Gasteiger partial charge is 0.463 e. The van der Waals surface area contributed by atoms with E-state index in [0.717, 1.165) is 23.0 Å². The molecule has 4 rings (SSSR count). The third-order valence-corrected chi connectivity index (χ3v) is 4.03. The summed E-state index contributed by atoms with van der Waals surface area (Å²) in [5.74, 6) is 1.27. The second kappa shape index (κ2) is 4.58. The van der Waals surface area contributed by atoms with E-state index in [1.54, 1.807) is 6.26 Å². The van der Waals surface area contributed by atoms with Crippen molar-refractivity contribution in [1.29, 1.82) is 0 Å². The van der Waals surface area contributed by atoms with Gasteiger partial charge < -0.3 is 4.42 Å². The lowest BCUT2D eigenvalue weighted by atomic mass is 10.1. The molecule has 1 aliphatic rings. The summed E-state index contributed by atoms with van der Waals surface area (Å²) in [5.41, 5.74) is 2.54. The highest BCUT2D eigenvalue weighted by Crippen LogP contribution is 2.32. The molecule has 0 spiro atoms. The molecular formula is C17H16N2O2. The Bertz CT molecular complexity index is 858. The molecule has 106 valence electrons. The molecule has 1 saturated carbocycles. The van der Waals surface area contributed by atoms with Gasteiger partial charge in [-0.3, -0.25) is 4.57 Å². The maximum atomic E-state index is 12.4. The monoisotopic (exact) mass is 280 g/mol. The van der Waals surface area contributed by atoms with Gasteiger partial charge in [-0.1, -0.05) is 12.1 Å². The van der Waals surface area contributed by atoms with Crippen LogP contribution >= 0.6 is 0 Å². The van der Waals surface area contributed by atoms with Crippen LogP contribution in [0.1, 0.15) is 18.4 Å². The number of furan rings is 1. The molecule has 2 heterocycles. The number of rotatable bonds is 3. The van der Waals surface area contributed by atoms with Gasteiger partial charge in [0, 0.05) is 11.9 Å². The Hall–Kier alpha value is -2.36. The second-order valence-electron chi connectivity index (χ2n) is 5.79. The molecule has 0 amide bonds. The van der Waals surface area contributed by atoms with Crippen molar-refractivity contribution in [2.24, 2.45) is 5.92 Å². The van der Waals surface area contributed by atoms with Crippen molar-refractivity contribution in [3.63, 3.8) is 0 Å². The van der Waals surface area contributed by atoms with Crippen LogP contribution in [0.2, 0.25) is 0 Å². The van der Waals surface area contributed by atoms with Crippen LogP contribution < -0.4 is 5.69 Å². The number of aromatic nitrogens is 2. The zero-order valence-electron chi connectivity index (χ0n) is 11.9. The first-order valence-corrected chi connectivity index (χ1v) is 7.27. The van der Waals surface area contributed by atoms with E-state index in [0.29, 0.717) is 17.4 Å². The Morgan fingerprint density at radius 2 is 2.19 bits per heavy atom. The van der Waals surface area contributed by atoms with Gasteiger partial charge in [0.2, 0.25) is 0 Å². The fourth-order valence-corrected chi connectivity index (χ4v) is 2.72. The van der Waals surface area contributed by atoms with Gasteiger partial charge in [0.15, 0.2) is 5.76 Å². The number of hydrogen-bond donors (Lipinski definition) is 0. The molecule has 0 atom stereocenters. The quantitative estimate of drug-likeness (QED) is 0.739. The van der Waals surface area contributed by atoms with E-state index in [1.165, 1.54) is 12.8 Å². The Balaban J connectivity index is 2.02. The highest BCUT2D eigenvalue weighted by atomic mass is 16.3. The molecule has 4 heteroatoms. The molecule has 1 aliphatic carbocycles. The van der Waals surface area contributed by atoms with Crippen LogP contribution in [-0.2, 0) is 6.54 Å². The maximum absolute atomic E-state index is 12.4. The Kier molecular flexibility index (Phi) is 2.70. The molecule has 0 N–H and O–H groups in total. The van der Waals surface area contributed by atoms with Crippen molar-refractivity contribution in [1.82, 2.24) is 9.55 Å². The SMILES string of the molecule is Cc1ccc2c(-c3ccco3)nc(=O)n(CC3CC3)c2c1. The van der Waals surface area contributed by atoms with Crippen molar-refractivity contribution in [3.8, 4) is 11.5 Å². The molecule has 0 unspecified atom stereocenters. The van der Waals surface area contributed by atoms with Gasteiger partial charge in [-0.25, -0.2) is 4.79 Å². The van der Waals surface area contributed by atoms with E-state index in [9.17, 15) is 4.79 Å². The Labute approximate surface area is 122 Å². The number of benzene rings is 1. The van der Waals surface area contributed by atoms with Crippen LogP contribution in [0.4, 0.5) is 0 Å². The first-order chi connectivity index (χ1) is 10.2. The summed E-state index contributed by atoms with van der Waals surface area (Å²) in [4.78, 5) is 16.7. The van der Waals surface area contributed by atoms with Crippen LogP contribution in [0.25, 0.3) is 22.4 Å². The second-order valence-corrected chi connectivity index (χ2v) is 5.79. The lowest BCUT2D eigenvalue weighted by Crippen LogP contribution is -2.25. The van der Waals surface area contributed by atoms with Crippen molar-refractivity contribution in [3.05, 3.63) is 52.6 Å². The van der Waals surface area contributed by atoms with Crippen molar-refractivity contribution in [2.45, 2.75) is 26.3 Å². The molecule has 3 aromatic rings. The topological polar surface area (TPSA) is 48.0 Å². The lowest BCUT2D eigenvalue weighted by molar-refractivity contribution is 0.576. The predicted octanol–water partition coefficient (Wildman–Crippen LogP) is 3.37. The zero-order chi connectivity index (χ0) is 14.4. The molecule has 0 radical (unpaired) electrons. The van der Waals surface area contributed by atoms with Crippen molar-refractivity contribution < 1.29 is 4.42 Å². The smallest absolute Gasteiger partial charge is 0.348 e. The molecule has 0 bridgehead atoms. The summed E-state index contributed by atoms with van der Waals surface area (Å²) in [7, 11) is 0. The summed E-state index contributed by atoms with van der Waals surface area (Å²) < 4.78 is 7.25. The van der Waals surface area contributed by atoms with Gasteiger partial charge in [-0.05, 0) is 49.4 Å². The summed E-state index contributed by atoms with van der Waals surface area (Å²) in [6, 6.07) is 9.78. The Morgan fingerprint density at radius 1 is 1.33 bits per heavy atom. The molecular weight excluding hydrogens is 264 g/mol. The normalized spacial score (nSPS) is 14.7. The lowest BCUT2D eigenvalue weighted by Gasteiger charge is -2.12. The third-order valence-electron chi connectivity index (χ3n) is 4.03. The van der Waals surface area contributed by atoms with Crippen LogP contribution in [0.3, 0.4) is 0 Å². The first-order valence-electron chi connectivity index (χ1n) is 7.27. The molecule has 0 saturated heterocycles. The van der Waals surface area contributed by atoms with Gasteiger partial charge in [-0.15, -0.1) is 0 Å². The molecule has 1 aromatic carbocycles. The fourth-order valence-electron chi connectivity index (χ4n) is 2.72. The van der Waals surface area contributed by atoms with E-state index in [1.807, 2.05) is 35.8 Å². The average Bonchev–Trinajstić information content (AvgIpc) is 3.12. The third kappa shape index (κ3) is 2.17. The van der Waals surface area contributed by atoms with Gasteiger partial charge in [0.05, 0.1) is 11.8 Å². The fraction of sp³-hybridized carbons (Fsp3) is 0.294. The summed E-state index contributed by atoms with van der Waals surface area (Å²) >= 11 is 0. The molecule has 1 fully saturated rings. The average molecular weight is 280 g/mol. The predicted molar refractivity (Wildman–Crippen MR) is 81.2 cm³/mol. The van der Waals surface area contributed by atoms with Crippen LogP contribution in [0.5, 0.6) is 0 Å². The number of fused-ring (bicyclic) bond motifs is 1. The highest BCUT2D eigenvalue weighted by molar-refractivity contribution is 5.91. The minimum absolute atomic E-state index is 0.189. The maximum Gasteiger partial charge on any atom is 0.348 e. The molecule has 0 aliphatic heterocycles. The summed E-state index contributed by atoms with van der Waals surface area (Å²) in [6.45, 7) is 2.81. The van der Waals surface area contributed by atoms with Crippen LogP contribution in [-0.4, -0.2) is 9.55 Å². The number of aryl methyl sites for hydroxylation is 1. The summed E-state index contributed by atoms with van der Waals surface area (Å²) in [5, 5.41) is 0.968. The number of hydrogen-bond acceptors (Lipinski definition) is 3. The molecule has 2 aromatic heterocycles. The summed E-state index contributed by atoms with van der Waals surface area (Å²) in [6.07, 6.45) is 4.02. The minimum atomic E-state index is -0.189. The highest BCUT2D eigenvalue weighted by Gasteiger charge is 2.24. The molecule has 21 heavy (non-hydrogen) atoms. The van der Waals surface area contributed by atoms with Crippen molar-refractivity contribution in [2.75, 3.05) is 0 Å². The zero-order valence-corrected chi connectivity index (χ0v) is 11.9. The Morgan fingerprint density at radius 3 is 2.90 bits per heavy atom. The van der Waals surface area contributed by atoms with Crippen molar-refractivity contribution >= 4 is 10.9 Å².